The van der Waals surface area contributed by atoms with Crippen LogP contribution in [0, 0.1) is 5.92 Å². The zero-order valence-corrected chi connectivity index (χ0v) is 7.46. The van der Waals surface area contributed by atoms with Crippen LogP contribution in [0.4, 0.5) is 0 Å². The van der Waals surface area contributed by atoms with Gasteiger partial charge in [0.15, 0.2) is 0 Å². The van der Waals surface area contributed by atoms with E-state index in [1.807, 2.05) is 12.2 Å². The first-order valence-electron chi connectivity index (χ1n) is 3.88. The zero-order chi connectivity index (χ0) is 8.69. The lowest BCUT2D eigenvalue weighted by Crippen LogP contribution is -1.96. The summed E-state index contributed by atoms with van der Waals surface area (Å²) >= 11 is 0. The molecule has 0 aromatic carbocycles. The van der Waals surface area contributed by atoms with E-state index in [-0.39, 0.29) is 5.97 Å². The number of carbonyl (C=O) groups is 1. The summed E-state index contributed by atoms with van der Waals surface area (Å²) in [5.74, 6) is 0.480. The summed E-state index contributed by atoms with van der Waals surface area (Å²) in [7, 11) is 1.40. The van der Waals surface area contributed by atoms with Gasteiger partial charge in [0.25, 0.3) is 0 Å². The predicted octanol–water partition coefficient (Wildman–Crippen LogP) is 2.15. The molecule has 0 N–H and O–H groups in total. The summed E-state index contributed by atoms with van der Waals surface area (Å²) in [5.41, 5.74) is 0. The Morgan fingerprint density at radius 2 is 2.09 bits per heavy atom. The Bertz CT molecular complexity index is 136. The number of rotatable bonds is 4. The zero-order valence-electron chi connectivity index (χ0n) is 7.46. The van der Waals surface area contributed by atoms with Crippen LogP contribution in [0.15, 0.2) is 12.2 Å². The minimum Gasteiger partial charge on any atom is -0.469 e. The predicted molar refractivity (Wildman–Crippen MR) is 45.2 cm³/mol. The third-order valence-corrected chi connectivity index (χ3v) is 1.29. The molecule has 0 atom stereocenters. The maximum atomic E-state index is 10.6. The lowest BCUT2D eigenvalue weighted by Gasteiger charge is -1.96. The fourth-order valence-electron chi connectivity index (χ4n) is 0.631. The highest BCUT2D eigenvalue weighted by Gasteiger charge is 1.93. The molecule has 0 aliphatic carbocycles. The van der Waals surface area contributed by atoms with E-state index in [1.165, 1.54) is 7.11 Å². The van der Waals surface area contributed by atoms with Crippen molar-refractivity contribution in [2.75, 3.05) is 7.11 Å². The minimum absolute atomic E-state index is 0.176. The summed E-state index contributed by atoms with van der Waals surface area (Å²) in [4.78, 5) is 10.6. The number of esters is 1. The van der Waals surface area contributed by atoms with Crippen LogP contribution in [0.2, 0.25) is 0 Å². The Labute approximate surface area is 68.2 Å². The third kappa shape index (κ3) is 7.10. The maximum Gasteiger partial charge on any atom is 0.309 e. The molecular formula is C9H16O2. The first-order valence-corrected chi connectivity index (χ1v) is 3.88. The molecule has 0 aromatic rings. The molecule has 0 saturated carbocycles. The van der Waals surface area contributed by atoms with Gasteiger partial charge in [0.05, 0.1) is 13.5 Å². The SMILES string of the molecule is COC(=O)C/C=C/CC(C)C. The summed E-state index contributed by atoms with van der Waals surface area (Å²) in [6.07, 6.45) is 5.29. The Morgan fingerprint density at radius 3 is 2.55 bits per heavy atom. The van der Waals surface area contributed by atoms with Crippen molar-refractivity contribution in [3.63, 3.8) is 0 Å². The van der Waals surface area contributed by atoms with E-state index in [1.54, 1.807) is 0 Å². The van der Waals surface area contributed by atoms with Crippen LogP contribution >= 0.6 is 0 Å². The molecule has 0 aliphatic heterocycles. The van der Waals surface area contributed by atoms with Crippen molar-refractivity contribution in [2.24, 2.45) is 5.92 Å². The summed E-state index contributed by atoms with van der Waals surface area (Å²) < 4.78 is 4.47. The standard InChI is InChI=1S/C9H16O2/c1-8(2)6-4-5-7-9(10)11-3/h4-5,8H,6-7H2,1-3H3/b5-4+. The third-order valence-electron chi connectivity index (χ3n) is 1.29. The molecule has 2 nitrogen and oxygen atoms in total. The Balaban J connectivity index is 3.37. The lowest BCUT2D eigenvalue weighted by atomic mass is 10.1. The second kappa shape index (κ2) is 5.96. The van der Waals surface area contributed by atoms with Crippen molar-refractivity contribution in [3.05, 3.63) is 12.2 Å². The summed E-state index contributed by atoms with van der Waals surface area (Å²) in [6, 6.07) is 0. The highest BCUT2D eigenvalue weighted by atomic mass is 16.5. The van der Waals surface area contributed by atoms with Crippen molar-refractivity contribution < 1.29 is 9.53 Å². The van der Waals surface area contributed by atoms with Gasteiger partial charge in [-0.2, -0.15) is 0 Å². The minimum atomic E-state index is -0.176. The molecule has 0 aromatic heterocycles. The van der Waals surface area contributed by atoms with Gasteiger partial charge in [-0.05, 0) is 12.3 Å². The van der Waals surface area contributed by atoms with Gasteiger partial charge in [-0.15, -0.1) is 0 Å². The van der Waals surface area contributed by atoms with E-state index in [2.05, 4.69) is 18.6 Å². The normalized spacial score (nSPS) is 10.9. The monoisotopic (exact) mass is 156 g/mol. The summed E-state index contributed by atoms with van der Waals surface area (Å²) in [5, 5.41) is 0. The number of ether oxygens (including phenoxy) is 1. The molecular weight excluding hydrogens is 140 g/mol. The smallest absolute Gasteiger partial charge is 0.309 e. The van der Waals surface area contributed by atoms with E-state index >= 15 is 0 Å². The Morgan fingerprint density at radius 1 is 1.45 bits per heavy atom. The molecule has 0 fully saturated rings. The van der Waals surface area contributed by atoms with E-state index in [4.69, 9.17) is 0 Å². The van der Waals surface area contributed by atoms with Crippen LogP contribution in [0.1, 0.15) is 26.7 Å². The van der Waals surface area contributed by atoms with Crippen molar-refractivity contribution in [2.45, 2.75) is 26.7 Å². The Kier molecular flexibility index (Phi) is 5.53. The van der Waals surface area contributed by atoms with Crippen molar-refractivity contribution in [1.82, 2.24) is 0 Å². The quantitative estimate of drug-likeness (QED) is 0.460. The molecule has 0 rings (SSSR count). The second-order valence-electron chi connectivity index (χ2n) is 2.88. The number of allylic oxidation sites excluding steroid dienone is 1. The van der Waals surface area contributed by atoms with E-state index in [0.717, 1.165) is 6.42 Å². The van der Waals surface area contributed by atoms with Gasteiger partial charge >= 0.3 is 5.97 Å². The van der Waals surface area contributed by atoms with Crippen LogP contribution in [0.5, 0.6) is 0 Å². The van der Waals surface area contributed by atoms with Gasteiger partial charge < -0.3 is 4.74 Å². The second-order valence-corrected chi connectivity index (χ2v) is 2.88. The maximum absolute atomic E-state index is 10.6. The van der Waals surface area contributed by atoms with Gasteiger partial charge in [-0.1, -0.05) is 26.0 Å². The van der Waals surface area contributed by atoms with Crippen LogP contribution in [0.25, 0.3) is 0 Å². The molecule has 0 saturated heterocycles. The molecule has 0 heterocycles. The Hall–Kier alpha value is -0.790. The topological polar surface area (TPSA) is 26.3 Å². The van der Waals surface area contributed by atoms with Gasteiger partial charge in [0.1, 0.15) is 0 Å². The summed E-state index contributed by atoms with van der Waals surface area (Å²) in [6.45, 7) is 4.28. The average Bonchev–Trinajstić information content (AvgIpc) is 1.97. The molecule has 2 heteroatoms. The highest BCUT2D eigenvalue weighted by Crippen LogP contribution is 2.00. The van der Waals surface area contributed by atoms with Gasteiger partial charge in [-0.3, -0.25) is 4.79 Å². The average molecular weight is 156 g/mol. The molecule has 64 valence electrons. The lowest BCUT2D eigenvalue weighted by molar-refractivity contribution is -0.139. The largest absolute Gasteiger partial charge is 0.469 e. The van der Waals surface area contributed by atoms with Crippen LogP contribution in [-0.4, -0.2) is 13.1 Å². The number of hydrogen-bond donors (Lipinski definition) is 0. The fraction of sp³-hybridized carbons (Fsp3) is 0.667. The van der Waals surface area contributed by atoms with Gasteiger partial charge in [0.2, 0.25) is 0 Å². The fourth-order valence-corrected chi connectivity index (χ4v) is 0.631. The number of carbonyl (C=O) groups excluding carboxylic acids is 1. The van der Waals surface area contributed by atoms with Crippen LogP contribution in [0.3, 0.4) is 0 Å². The van der Waals surface area contributed by atoms with Gasteiger partial charge in [0, 0.05) is 0 Å². The van der Waals surface area contributed by atoms with Crippen molar-refractivity contribution in [1.29, 1.82) is 0 Å². The molecule has 11 heavy (non-hydrogen) atoms. The van der Waals surface area contributed by atoms with E-state index in [9.17, 15) is 4.79 Å². The molecule has 0 aliphatic rings. The number of hydrogen-bond acceptors (Lipinski definition) is 2. The van der Waals surface area contributed by atoms with Crippen molar-refractivity contribution in [3.8, 4) is 0 Å². The van der Waals surface area contributed by atoms with Crippen LogP contribution < -0.4 is 0 Å². The van der Waals surface area contributed by atoms with E-state index in [0.29, 0.717) is 12.3 Å². The van der Waals surface area contributed by atoms with E-state index < -0.39 is 0 Å². The van der Waals surface area contributed by atoms with Gasteiger partial charge in [-0.25, -0.2) is 0 Å². The molecule has 0 amide bonds. The molecule has 0 spiro atoms. The first-order chi connectivity index (χ1) is 5.16. The van der Waals surface area contributed by atoms with Crippen LogP contribution in [-0.2, 0) is 9.53 Å². The molecule has 0 radical (unpaired) electrons. The number of methoxy groups -OCH3 is 1. The molecule has 0 bridgehead atoms. The van der Waals surface area contributed by atoms with Crippen molar-refractivity contribution >= 4 is 5.97 Å². The first kappa shape index (κ1) is 10.2. The molecule has 0 unspecified atom stereocenters. The highest BCUT2D eigenvalue weighted by molar-refractivity contribution is 5.70.